The number of aliphatic hydroxyl groups is 1. The molecule has 1 saturated heterocycles. The summed E-state index contributed by atoms with van der Waals surface area (Å²) in [5, 5.41) is 13.5. The Labute approximate surface area is 129 Å². The first kappa shape index (κ1) is 15.7. The Hall–Kier alpha value is -0.160. The zero-order valence-electron chi connectivity index (χ0n) is 13.5. The molecule has 2 saturated carbocycles. The van der Waals surface area contributed by atoms with E-state index in [9.17, 15) is 5.11 Å². The summed E-state index contributed by atoms with van der Waals surface area (Å²) in [5.41, 5.74) is -0.0247. The molecule has 3 aliphatic rings. The maximum absolute atomic E-state index is 9.89. The molecule has 4 heteroatoms. The number of ether oxygens (including phenoxy) is 1. The summed E-state index contributed by atoms with van der Waals surface area (Å²) < 4.78 is 6.01. The van der Waals surface area contributed by atoms with Crippen molar-refractivity contribution < 1.29 is 9.84 Å². The Kier molecular flexibility index (Phi) is 5.20. The highest BCUT2D eigenvalue weighted by Gasteiger charge is 2.44. The van der Waals surface area contributed by atoms with Gasteiger partial charge in [0.05, 0.1) is 19.3 Å². The molecule has 3 rings (SSSR count). The van der Waals surface area contributed by atoms with Gasteiger partial charge in [-0.05, 0) is 45.1 Å². The van der Waals surface area contributed by atoms with Gasteiger partial charge >= 0.3 is 0 Å². The molecule has 2 N–H and O–H groups in total. The summed E-state index contributed by atoms with van der Waals surface area (Å²) in [4.78, 5) is 2.73. The molecule has 2 aliphatic carbocycles. The van der Waals surface area contributed by atoms with Gasteiger partial charge < -0.3 is 15.2 Å². The van der Waals surface area contributed by atoms with E-state index in [0.29, 0.717) is 18.2 Å². The van der Waals surface area contributed by atoms with Crippen molar-refractivity contribution >= 4 is 0 Å². The Morgan fingerprint density at radius 2 is 2.14 bits per heavy atom. The Morgan fingerprint density at radius 1 is 1.29 bits per heavy atom. The molecule has 0 aromatic heterocycles. The van der Waals surface area contributed by atoms with Gasteiger partial charge in [0.1, 0.15) is 0 Å². The van der Waals surface area contributed by atoms with Crippen molar-refractivity contribution in [2.24, 2.45) is 0 Å². The molecule has 0 bridgehead atoms. The maximum Gasteiger partial charge on any atom is 0.0731 e. The Bertz CT molecular complexity index is 337. The lowest BCUT2D eigenvalue weighted by molar-refractivity contribution is -0.102. The molecule has 4 atom stereocenters. The molecule has 1 aliphatic heterocycles. The van der Waals surface area contributed by atoms with Crippen LogP contribution in [0.15, 0.2) is 0 Å². The third-order valence-corrected chi connectivity index (χ3v) is 5.88. The number of hydrogen-bond donors (Lipinski definition) is 2. The molecule has 0 aromatic rings. The number of nitrogens with one attached hydrogen (secondary N) is 1. The second-order valence-electron chi connectivity index (χ2n) is 7.26. The molecule has 0 aromatic carbocycles. The molecule has 21 heavy (non-hydrogen) atoms. The van der Waals surface area contributed by atoms with E-state index < -0.39 is 0 Å². The fourth-order valence-corrected chi connectivity index (χ4v) is 4.71. The van der Waals surface area contributed by atoms with E-state index in [-0.39, 0.29) is 12.1 Å². The van der Waals surface area contributed by atoms with Crippen LogP contribution in [-0.4, -0.2) is 60.0 Å². The number of rotatable bonds is 5. The summed E-state index contributed by atoms with van der Waals surface area (Å²) in [6.07, 6.45) is 10.3. The molecular weight excluding hydrogens is 264 g/mol. The van der Waals surface area contributed by atoms with Crippen LogP contribution < -0.4 is 5.32 Å². The number of morpholine rings is 1. The average molecular weight is 296 g/mol. The lowest BCUT2D eigenvalue weighted by Crippen LogP contribution is -2.57. The zero-order valence-corrected chi connectivity index (χ0v) is 13.5. The van der Waals surface area contributed by atoms with Crippen LogP contribution in [-0.2, 0) is 4.74 Å². The van der Waals surface area contributed by atoms with Crippen LogP contribution in [0, 0.1) is 0 Å². The van der Waals surface area contributed by atoms with Gasteiger partial charge in [-0.15, -0.1) is 0 Å². The monoisotopic (exact) mass is 296 g/mol. The maximum atomic E-state index is 9.89. The molecule has 0 spiro atoms. The van der Waals surface area contributed by atoms with Gasteiger partial charge in [-0.25, -0.2) is 0 Å². The van der Waals surface area contributed by atoms with Crippen molar-refractivity contribution in [2.45, 2.75) is 82.0 Å². The second kappa shape index (κ2) is 6.95. The minimum Gasteiger partial charge on any atom is -0.394 e. The predicted molar refractivity (Wildman–Crippen MR) is 84.5 cm³/mol. The summed E-state index contributed by atoms with van der Waals surface area (Å²) in [6.45, 7) is 5.47. The van der Waals surface area contributed by atoms with E-state index in [4.69, 9.17) is 4.74 Å². The van der Waals surface area contributed by atoms with Crippen molar-refractivity contribution in [3.63, 3.8) is 0 Å². The van der Waals surface area contributed by atoms with Gasteiger partial charge in [-0.3, -0.25) is 4.90 Å². The normalized spacial score (nSPS) is 41.1. The Morgan fingerprint density at radius 3 is 2.95 bits per heavy atom. The molecule has 0 amide bonds. The first-order chi connectivity index (χ1) is 10.3. The van der Waals surface area contributed by atoms with Gasteiger partial charge in [0.25, 0.3) is 0 Å². The van der Waals surface area contributed by atoms with Crippen LogP contribution in [0.1, 0.15) is 58.3 Å². The quantitative estimate of drug-likeness (QED) is 0.813. The highest BCUT2D eigenvalue weighted by Crippen LogP contribution is 2.38. The van der Waals surface area contributed by atoms with Crippen molar-refractivity contribution in [3.05, 3.63) is 0 Å². The predicted octanol–water partition coefficient (Wildman–Crippen LogP) is 1.91. The van der Waals surface area contributed by atoms with Crippen molar-refractivity contribution in [3.8, 4) is 0 Å². The van der Waals surface area contributed by atoms with E-state index in [1.165, 1.54) is 32.1 Å². The largest absolute Gasteiger partial charge is 0.394 e. The van der Waals surface area contributed by atoms with Crippen molar-refractivity contribution in [1.29, 1.82) is 0 Å². The number of aliphatic hydroxyl groups excluding tert-OH is 1. The minimum atomic E-state index is -0.0247. The molecule has 0 radical (unpaired) electrons. The van der Waals surface area contributed by atoms with Crippen molar-refractivity contribution in [1.82, 2.24) is 10.2 Å². The van der Waals surface area contributed by atoms with Crippen LogP contribution in [0.4, 0.5) is 0 Å². The van der Waals surface area contributed by atoms with E-state index in [2.05, 4.69) is 17.1 Å². The SMILES string of the molecule is CCCNC1(CO)CCC(N2CCOC3CCCCC32)C1. The van der Waals surface area contributed by atoms with Gasteiger partial charge in [-0.1, -0.05) is 19.8 Å². The second-order valence-corrected chi connectivity index (χ2v) is 7.26. The van der Waals surface area contributed by atoms with Crippen LogP contribution >= 0.6 is 0 Å². The van der Waals surface area contributed by atoms with E-state index in [0.717, 1.165) is 39.0 Å². The summed E-state index contributed by atoms with van der Waals surface area (Å²) in [5.74, 6) is 0. The fraction of sp³-hybridized carbons (Fsp3) is 1.00. The number of fused-ring (bicyclic) bond motifs is 1. The molecule has 1 heterocycles. The summed E-state index contributed by atoms with van der Waals surface area (Å²) in [6, 6.07) is 1.27. The smallest absolute Gasteiger partial charge is 0.0731 e. The first-order valence-electron chi connectivity index (χ1n) is 9.01. The third-order valence-electron chi connectivity index (χ3n) is 5.88. The highest BCUT2D eigenvalue weighted by molar-refractivity contribution is 5.02. The zero-order chi connectivity index (χ0) is 14.7. The van der Waals surface area contributed by atoms with Crippen LogP contribution in [0.2, 0.25) is 0 Å². The topological polar surface area (TPSA) is 44.7 Å². The summed E-state index contributed by atoms with van der Waals surface area (Å²) >= 11 is 0. The lowest BCUT2D eigenvalue weighted by Gasteiger charge is -2.47. The van der Waals surface area contributed by atoms with E-state index in [1.807, 2.05) is 0 Å². The number of hydrogen-bond acceptors (Lipinski definition) is 4. The van der Waals surface area contributed by atoms with E-state index >= 15 is 0 Å². The first-order valence-corrected chi connectivity index (χ1v) is 9.01. The van der Waals surface area contributed by atoms with Crippen LogP contribution in [0.3, 0.4) is 0 Å². The van der Waals surface area contributed by atoms with Gasteiger partial charge in [0, 0.05) is 24.2 Å². The van der Waals surface area contributed by atoms with Gasteiger partial charge in [-0.2, -0.15) is 0 Å². The van der Waals surface area contributed by atoms with Crippen LogP contribution in [0.5, 0.6) is 0 Å². The molecule has 3 fully saturated rings. The number of nitrogens with zero attached hydrogens (tertiary/aromatic N) is 1. The molecular formula is C17H32N2O2. The minimum absolute atomic E-state index is 0.0247. The van der Waals surface area contributed by atoms with E-state index in [1.54, 1.807) is 0 Å². The average Bonchev–Trinajstić information content (AvgIpc) is 2.97. The van der Waals surface area contributed by atoms with Gasteiger partial charge in [0.2, 0.25) is 0 Å². The Balaban J connectivity index is 1.64. The van der Waals surface area contributed by atoms with Crippen LogP contribution in [0.25, 0.3) is 0 Å². The fourth-order valence-electron chi connectivity index (χ4n) is 4.71. The molecule has 4 nitrogen and oxygen atoms in total. The molecule has 4 unspecified atom stereocenters. The van der Waals surface area contributed by atoms with Gasteiger partial charge in [0.15, 0.2) is 0 Å². The summed E-state index contributed by atoms with van der Waals surface area (Å²) in [7, 11) is 0. The third kappa shape index (κ3) is 3.29. The molecule has 122 valence electrons. The standard InChI is InChI=1S/C17H32N2O2/c1-2-9-18-17(13-20)8-7-14(12-17)19-10-11-21-16-6-4-3-5-15(16)19/h14-16,18,20H,2-13H2,1H3. The highest BCUT2D eigenvalue weighted by atomic mass is 16.5. The van der Waals surface area contributed by atoms with Crippen molar-refractivity contribution in [2.75, 3.05) is 26.3 Å². The lowest BCUT2D eigenvalue weighted by atomic mass is 9.88.